The number of nitrogens with one attached hydrogen (secondary N) is 1. The van der Waals surface area contributed by atoms with Gasteiger partial charge in [0.05, 0.1) is 16.7 Å². The fourth-order valence-corrected chi connectivity index (χ4v) is 5.24. The summed E-state index contributed by atoms with van der Waals surface area (Å²) in [6.45, 7) is 3.42. The number of hydrogen-bond donors (Lipinski definition) is 1. The van der Waals surface area contributed by atoms with Crippen LogP contribution >= 0.6 is 0 Å². The predicted octanol–water partition coefficient (Wildman–Crippen LogP) is 4.33. The van der Waals surface area contributed by atoms with Crippen LogP contribution in [0.15, 0.2) is 60.8 Å². The van der Waals surface area contributed by atoms with Crippen molar-refractivity contribution in [3.63, 3.8) is 0 Å². The first-order chi connectivity index (χ1) is 15.5. The second kappa shape index (κ2) is 6.84. The predicted molar refractivity (Wildman–Crippen MR) is 121 cm³/mol. The van der Waals surface area contributed by atoms with Crippen molar-refractivity contribution in [3.8, 4) is 11.3 Å². The fraction of sp³-hybridized carbons (Fsp3) is 0.296. The van der Waals surface area contributed by atoms with E-state index in [4.69, 9.17) is 4.74 Å². The van der Waals surface area contributed by atoms with Gasteiger partial charge in [-0.25, -0.2) is 4.79 Å². The molecule has 0 radical (unpaired) electrons. The molecule has 5 heteroatoms. The van der Waals surface area contributed by atoms with Crippen LogP contribution in [0.4, 0.5) is 0 Å². The number of aryl methyl sites for hydroxylation is 1. The molecule has 1 saturated heterocycles. The normalized spacial score (nSPS) is 22.6. The van der Waals surface area contributed by atoms with E-state index in [1.54, 1.807) is 6.07 Å². The number of pyridine rings is 1. The molecule has 5 nitrogen and oxygen atoms in total. The van der Waals surface area contributed by atoms with E-state index in [1.165, 1.54) is 0 Å². The highest BCUT2D eigenvalue weighted by Gasteiger charge is 2.54. The average molecular weight is 425 g/mol. The van der Waals surface area contributed by atoms with Crippen molar-refractivity contribution in [2.24, 2.45) is 0 Å². The van der Waals surface area contributed by atoms with E-state index < -0.39 is 11.0 Å². The van der Waals surface area contributed by atoms with Gasteiger partial charge in [0.25, 0.3) is 0 Å². The summed E-state index contributed by atoms with van der Waals surface area (Å²) in [5.74, 6) is -0.347. The maximum atomic E-state index is 13.8. The molecule has 6 rings (SSSR count). The zero-order chi connectivity index (χ0) is 21.9. The van der Waals surface area contributed by atoms with Gasteiger partial charge in [0.15, 0.2) is 11.4 Å². The number of fused-ring (bicyclic) bond motifs is 2. The lowest BCUT2D eigenvalue weighted by atomic mass is 9.82. The number of benzene rings is 2. The number of carbonyl (C=O) groups excluding carboxylic acids is 2. The molecule has 1 spiro atoms. The summed E-state index contributed by atoms with van der Waals surface area (Å²) in [5, 5.41) is 3.29. The maximum absolute atomic E-state index is 13.8. The van der Waals surface area contributed by atoms with E-state index in [2.05, 4.69) is 10.3 Å². The van der Waals surface area contributed by atoms with Gasteiger partial charge < -0.3 is 10.1 Å². The molecule has 32 heavy (non-hydrogen) atoms. The standard InChI is InChI=1S/C27H24N2O3/c1-17-5-10-22(29-15-17)18-6-8-19(9-7-18)26(11-12-26)24(30)20-3-2-4-21-23(20)25(31)32-27(21)13-14-28-16-27/h2-10,15,28H,11-14,16H2,1H3. The Bertz CT molecular complexity index is 1230. The molecule has 1 saturated carbocycles. The number of nitrogens with zero attached hydrogens (tertiary/aromatic N) is 1. The molecule has 1 aromatic heterocycles. The number of ether oxygens (including phenoxy) is 1. The summed E-state index contributed by atoms with van der Waals surface area (Å²) >= 11 is 0. The third-order valence-corrected chi connectivity index (χ3v) is 7.24. The lowest BCUT2D eigenvalue weighted by Crippen LogP contribution is -2.28. The molecule has 0 bridgehead atoms. The molecule has 160 valence electrons. The Hall–Kier alpha value is -3.31. The maximum Gasteiger partial charge on any atom is 0.340 e. The lowest BCUT2D eigenvalue weighted by molar-refractivity contribution is 0.00158. The zero-order valence-electron chi connectivity index (χ0n) is 18.0. The van der Waals surface area contributed by atoms with Crippen LogP contribution in [0.1, 0.15) is 56.7 Å². The second-order valence-corrected chi connectivity index (χ2v) is 9.25. The van der Waals surface area contributed by atoms with E-state index in [-0.39, 0.29) is 11.8 Å². The Morgan fingerprint density at radius 1 is 1.03 bits per heavy atom. The molecule has 1 aliphatic carbocycles. The smallest absolute Gasteiger partial charge is 0.340 e. The first-order valence-electron chi connectivity index (χ1n) is 11.2. The fourth-order valence-electron chi connectivity index (χ4n) is 5.24. The van der Waals surface area contributed by atoms with Crippen molar-refractivity contribution in [1.29, 1.82) is 0 Å². The second-order valence-electron chi connectivity index (χ2n) is 9.25. The molecule has 1 N–H and O–H groups in total. The first kappa shape index (κ1) is 19.4. The van der Waals surface area contributed by atoms with E-state index in [0.717, 1.165) is 53.8 Å². The lowest BCUT2D eigenvalue weighted by Gasteiger charge is -2.22. The number of hydrogen-bond acceptors (Lipinski definition) is 5. The van der Waals surface area contributed by atoms with Crippen LogP contribution in [0.5, 0.6) is 0 Å². The van der Waals surface area contributed by atoms with Crippen LogP contribution in [0.3, 0.4) is 0 Å². The molecular weight excluding hydrogens is 400 g/mol. The summed E-state index contributed by atoms with van der Waals surface area (Å²) in [6.07, 6.45) is 4.18. The van der Waals surface area contributed by atoms with Crippen molar-refractivity contribution >= 4 is 11.8 Å². The highest BCUT2D eigenvalue weighted by molar-refractivity contribution is 6.14. The Morgan fingerprint density at radius 2 is 1.84 bits per heavy atom. The van der Waals surface area contributed by atoms with Crippen molar-refractivity contribution < 1.29 is 14.3 Å². The van der Waals surface area contributed by atoms with Gasteiger partial charge in [-0.05, 0) is 43.5 Å². The average Bonchev–Trinajstić information content (AvgIpc) is 3.42. The van der Waals surface area contributed by atoms with Crippen LogP contribution in [-0.2, 0) is 15.8 Å². The third kappa shape index (κ3) is 2.77. The molecule has 3 aliphatic rings. The SMILES string of the molecule is Cc1ccc(-c2ccc(C3(C(=O)c4cccc5c4C(=O)OC54CCNC4)CC3)cc2)nc1. The van der Waals surface area contributed by atoms with Crippen LogP contribution in [0, 0.1) is 6.92 Å². The summed E-state index contributed by atoms with van der Waals surface area (Å²) in [6, 6.07) is 17.8. The van der Waals surface area contributed by atoms with Crippen molar-refractivity contribution in [1.82, 2.24) is 10.3 Å². The molecule has 2 fully saturated rings. The number of rotatable bonds is 4. The van der Waals surface area contributed by atoms with Crippen LogP contribution < -0.4 is 5.32 Å². The quantitative estimate of drug-likeness (QED) is 0.499. The number of aromatic nitrogens is 1. The number of Topliss-reactive ketones (excluding diaryl/α,β-unsaturated/α-hetero) is 1. The molecule has 2 aromatic carbocycles. The molecule has 3 aromatic rings. The Labute approximate surface area is 186 Å². The number of esters is 1. The monoisotopic (exact) mass is 424 g/mol. The van der Waals surface area contributed by atoms with Crippen LogP contribution in [0.25, 0.3) is 11.3 Å². The van der Waals surface area contributed by atoms with Gasteiger partial charge in [-0.2, -0.15) is 0 Å². The van der Waals surface area contributed by atoms with E-state index in [0.29, 0.717) is 17.7 Å². The topological polar surface area (TPSA) is 68.3 Å². The Balaban J connectivity index is 1.35. The Kier molecular flexibility index (Phi) is 4.14. The van der Waals surface area contributed by atoms with E-state index in [9.17, 15) is 9.59 Å². The van der Waals surface area contributed by atoms with Gasteiger partial charge in [0, 0.05) is 35.9 Å². The van der Waals surface area contributed by atoms with Gasteiger partial charge in [-0.1, -0.05) is 48.5 Å². The summed E-state index contributed by atoms with van der Waals surface area (Å²) < 4.78 is 5.82. The highest BCUT2D eigenvalue weighted by Crippen LogP contribution is 2.52. The zero-order valence-corrected chi connectivity index (χ0v) is 18.0. The van der Waals surface area contributed by atoms with Gasteiger partial charge in [0.2, 0.25) is 0 Å². The minimum absolute atomic E-state index is 0.0236. The van der Waals surface area contributed by atoms with Crippen molar-refractivity contribution in [2.75, 3.05) is 13.1 Å². The third-order valence-electron chi connectivity index (χ3n) is 7.24. The highest BCUT2D eigenvalue weighted by atomic mass is 16.6. The minimum atomic E-state index is -0.623. The van der Waals surface area contributed by atoms with Gasteiger partial charge in [0.1, 0.15) is 0 Å². The molecular formula is C27H24N2O3. The Morgan fingerprint density at radius 3 is 2.50 bits per heavy atom. The van der Waals surface area contributed by atoms with Crippen molar-refractivity contribution in [2.45, 2.75) is 37.2 Å². The van der Waals surface area contributed by atoms with Crippen molar-refractivity contribution in [3.05, 3.63) is 88.6 Å². The van der Waals surface area contributed by atoms with E-state index >= 15 is 0 Å². The van der Waals surface area contributed by atoms with Gasteiger partial charge in [-0.15, -0.1) is 0 Å². The summed E-state index contributed by atoms with van der Waals surface area (Å²) in [7, 11) is 0. The summed E-state index contributed by atoms with van der Waals surface area (Å²) in [5.41, 5.74) is 4.70. The molecule has 1 unspecified atom stereocenters. The molecule has 2 aliphatic heterocycles. The minimum Gasteiger partial charge on any atom is -0.449 e. The van der Waals surface area contributed by atoms with Crippen LogP contribution in [0.2, 0.25) is 0 Å². The number of ketones is 1. The molecule has 1 atom stereocenters. The number of carbonyl (C=O) groups is 2. The summed E-state index contributed by atoms with van der Waals surface area (Å²) in [4.78, 5) is 31.1. The van der Waals surface area contributed by atoms with E-state index in [1.807, 2.05) is 61.7 Å². The van der Waals surface area contributed by atoms with Gasteiger partial charge >= 0.3 is 5.97 Å². The first-order valence-corrected chi connectivity index (χ1v) is 11.2. The largest absolute Gasteiger partial charge is 0.449 e. The molecule has 0 amide bonds. The van der Waals surface area contributed by atoms with Gasteiger partial charge in [-0.3, -0.25) is 9.78 Å². The van der Waals surface area contributed by atoms with Crippen LogP contribution in [-0.4, -0.2) is 29.8 Å². The molecule has 3 heterocycles.